The van der Waals surface area contributed by atoms with E-state index in [1.807, 2.05) is 43.5 Å². The van der Waals surface area contributed by atoms with Crippen LogP contribution in [0.1, 0.15) is 47.8 Å². The molecule has 27 heavy (non-hydrogen) atoms. The van der Waals surface area contributed by atoms with Crippen LogP contribution in [0.4, 0.5) is 0 Å². The van der Waals surface area contributed by atoms with Gasteiger partial charge >= 0.3 is 173 Å². The van der Waals surface area contributed by atoms with E-state index in [2.05, 4.69) is 42.4 Å². The molecule has 0 saturated heterocycles. The van der Waals surface area contributed by atoms with Crippen molar-refractivity contribution in [2.45, 2.75) is 49.8 Å². The molecule has 0 saturated carbocycles. The van der Waals surface area contributed by atoms with Crippen molar-refractivity contribution in [3.63, 3.8) is 0 Å². The first kappa shape index (κ1) is 15.1. The van der Waals surface area contributed by atoms with Crippen LogP contribution in [0.3, 0.4) is 0 Å². The van der Waals surface area contributed by atoms with E-state index in [0.717, 1.165) is 22.4 Å². The van der Waals surface area contributed by atoms with Crippen molar-refractivity contribution >= 4 is 17.7 Å². The van der Waals surface area contributed by atoms with Crippen LogP contribution in [0.25, 0.3) is 11.3 Å². The molecule has 2 atom stereocenters. The molecular formula is C25H31GeN. The Morgan fingerprint density at radius 3 is 2.22 bits per heavy atom. The zero-order valence-corrected chi connectivity index (χ0v) is 19.0. The summed E-state index contributed by atoms with van der Waals surface area (Å²) in [5, 5.41) is 0. The molecule has 2 aromatic carbocycles. The molecule has 0 fully saturated rings. The first-order chi connectivity index (χ1) is 14.3. The van der Waals surface area contributed by atoms with Crippen LogP contribution in [0, 0.1) is 6.85 Å². The number of rotatable bonds is 5. The van der Waals surface area contributed by atoms with Gasteiger partial charge in [-0.15, -0.1) is 0 Å². The van der Waals surface area contributed by atoms with Crippen molar-refractivity contribution in [1.82, 2.24) is 4.98 Å². The molecule has 0 spiro atoms. The second-order valence-corrected chi connectivity index (χ2v) is 18.8. The van der Waals surface area contributed by atoms with Crippen LogP contribution < -0.4 is 4.40 Å². The minimum atomic E-state index is -2.30. The summed E-state index contributed by atoms with van der Waals surface area (Å²) in [6.07, 6.45) is 1.97. The monoisotopic (exact) mass is 423 g/mol. The second-order valence-electron chi connectivity index (χ2n) is 8.26. The van der Waals surface area contributed by atoms with Crippen LogP contribution >= 0.6 is 0 Å². The average Bonchev–Trinajstić information content (AvgIpc) is 2.72. The molecule has 0 radical (unpaired) electrons. The van der Waals surface area contributed by atoms with Crippen molar-refractivity contribution in [2.24, 2.45) is 0 Å². The van der Waals surface area contributed by atoms with Crippen molar-refractivity contribution < 1.29 is 5.48 Å². The predicted molar refractivity (Wildman–Crippen MR) is 121 cm³/mol. The fourth-order valence-corrected chi connectivity index (χ4v) is 6.61. The Bertz CT molecular complexity index is 1040. The van der Waals surface area contributed by atoms with Crippen molar-refractivity contribution in [3.05, 3.63) is 83.6 Å². The molecule has 0 aliphatic heterocycles. The Morgan fingerprint density at radius 2 is 1.63 bits per heavy atom. The van der Waals surface area contributed by atoms with Gasteiger partial charge in [0.15, 0.2) is 0 Å². The molecule has 0 amide bonds. The first-order valence-electron chi connectivity index (χ1n) is 11.5. The van der Waals surface area contributed by atoms with Gasteiger partial charge in [0, 0.05) is 0 Å². The van der Waals surface area contributed by atoms with E-state index < -0.39 is 26.0 Å². The molecule has 3 rings (SSSR count). The van der Waals surface area contributed by atoms with Crippen LogP contribution in [0.5, 0.6) is 0 Å². The topological polar surface area (TPSA) is 12.9 Å². The van der Waals surface area contributed by atoms with Gasteiger partial charge in [0.2, 0.25) is 0 Å². The van der Waals surface area contributed by atoms with E-state index in [0.29, 0.717) is 5.56 Å². The Morgan fingerprint density at radius 1 is 0.963 bits per heavy atom. The van der Waals surface area contributed by atoms with Crippen molar-refractivity contribution in [1.29, 1.82) is 0 Å². The summed E-state index contributed by atoms with van der Waals surface area (Å²) in [6, 6.07) is 19.2. The molecule has 2 heteroatoms. The van der Waals surface area contributed by atoms with Gasteiger partial charge in [-0.05, 0) is 0 Å². The van der Waals surface area contributed by atoms with Gasteiger partial charge in [-0.25, -0.2) is 0 Å². The van der Waals surface area contributed by atoms with Crippen molar-refractivity contribution in [3.8, 4) is 11.3 Å². The molecular weight excluding hydrogens is 387 g/mol. The number of aryl methyl sites for hydroxylation is 1. The molecule has 140 valence electrons. The molecule has 1 nitrogen and oxygen atoms in total. The zero-order valence-electron chi connectivity index (χ0n) is 20.9. The third-order valence-corrected chi connectivity index (χ3v) is 9.49. The van der Waals surface area contributed by atoms with E-state index in [1.54, 1.807) is 12.1 Å². The summed E-state index contributed by atoms with van der Waals surface area (Å²) in [5.41, 5.74) is 4.14. The van der Waals surface area contributed by atoms with Crippen LogP contribution in [0.2, 0.25) is 17.3 Å². The van der Waals surface area contributed by atoms with Gasteiger partial charge in [0.05, 0.1) is 0 Å². The summed E-state index contributed by atoms with van der Waals surface area (Å²) in [6.45, 7) is 2.00. The molecule has 3 aromatic rings. The Labute approximate surface area is 172 Å². The van der Waals surface area contributed by atoms with E-state index in [4.69, 9.17) is 9.10 Å². The third-order valence-electron chi connectivity index (χ3n) is 5.27. The van der Waals surface area contributed by atoms with Gasteiger partial charge in [-0.3, -0.25) is 0 Å². The van der Waals surface area contributed by atoms with E-state index in [9.17, 15) is 1.37 Å². The van der Waals surface area contributed by atoms with E-state index >= 15 is 0 Å². The number of benzene rings is 2. The number of aromatic nitrogens is 1. The number of hydrogen-bond donors (Lipinski definition) is 0. The summed E-state index contributed by atoms with van der Waals surface area (Å²) < 4.78 is 33.4. The number of pyridine rings is 1. The van der Waals surface area contributed by atoms with Crippen LogP contribution in [0.15, 0.2) is 66.9 Å². The van der Waals surface area contributed by atoms with Crippen molar-refractivity contribution in [2.75, 3.05) is 0 Å². The Balaban J connectivity index is 2.12. The predicted octanol–water partition coefficient (Wildman–Crippen LogP) is 6.51. The number of nitrogens with zero attached hydrogens (tertiary/aromatic N) is 1. The van der Waals surface area contributed by atoms with Gasteiger partial charge in [0.25, 0.3) is 0 Å². The molecule has 0 aliphatic carbocycles. The fourth-order valence-electron chi connectivity index (χ4n) is 3.40. The maximum atomic E-state index is 9.43. The molecule has 0 aliphatic rings. The molecule has 0 bridgehead atoms. The second kappa shape index (κ2) is 8.02. The average molecular weight is 422 g/mol. The van der Waals surface area contributed by atoms with Gasteiger partial charge in [0.1, 0.15) is 0 Å². The third kappa shape index (κ3) is 4.52. The molecule has 0 N–H and O–H groups in total. The maximum absolute atomic E-state index is 9.43. The fraction of sp³-hybridized carbons (Fsp3) is 0.320. The molecule has 2 unspecified atom stereocenters. The van der Waals surface area contributed by atoms with Gasteiger partial charge < -0.3 is 0 Å². The first-order valence-corrected chi connectivity index (χ1v) is 16.8. The summed E-state index contributed by atoms with van der Waals surface area (Å²) >= 11 is -2.30. The van der Waals surface area contributed by atoms with E-state index in [-0.39, 0.29) is 5.92 Å². The normalized spacial score (nSPS) is 17.8. The van der Waals surface area contributed by atoms with Gasteiger partial charge in [-0.2, -0.15) is 0 Å². The summed E-state index contributed by atoms with van der Waals surface area (Å²) in [4.78, 5) is 4.74. The summed E-state index contributed by atoms with van der Waals surface area (Å²) in [5.74, 6) is 6.16. The van der Waals surface area contributed by atoms with Gasteiger partial charge in [-0.1, -0.05) is 0 Å². The quantitative estimate of drug-likeness (QED) is 0.428. The number of hydrogen-bond acceptors (Lipinski definition) is 1. The molecule has 1 heterocycles. The Hall–Kier alpha value is -1.87. The summed E-state index contributed by atoms with van der Waals surface area (Å²) in [7, 11) is 0. The zero-order chi connectivity index (χ0) is 23.0. The van der Waals surface area contributed by atoms with Crippen LogP contribution in [-0.4, -0.2) is 18.3 Å². The standard InChI is InChI=1S/C25H31GeN/c1-18-12-14-22(15-13-18)25-16-23(24(17-27-25)26(4,5)6)20(3)19(2)21-10-8-7-9-11-21/h7-17,19-20H,1-6H3/i1D3,20D. The Kier molecular flexibility index (Phi) is 4.48. The van der Waals surface area contributed by atoms with E-state index in [1.165, 1.54) is 4.40 Å². The SMILES string of the molecule is [2H]C([2H])([2H])c1ccc(-c2cc(C([2H])(C)C(C)c3ccccc3)[c]([Ge]([CH3])([CH3])[CH3])cn2)cc1. The molecule has 1 aromatic heterocycles. The van der Waals surface area contributed by atoms with Crippen LogP contribution in [-0.2, 0) is 0 Å². The minimum absolute atomic E-state index is 0.00499.